The fraction of sp³-hybridized carbons (Fsp3) is 0.417. The molecule has 0 saturated carbocycles. The largest absolute Gasteiger partial charge is 0.374 e. The summed E-state index contributed by atoms with van der Waals surface area (Å²) in [4.78, 5) is 26.2. The number of carbonyl (C=O) groups is 2. The van der Waals surface area contributed by atoms with Crippen LogP contribution < -0.4 is 16.4 Å². The summed E-state index contributed by atoms with van der Waals surface area (Å²) in [6.07, 6.45) is 0. The van der Waals surface area contributed by atoms with E-state index in [2.05, 4.69) is 20.8 Å². The van der Waals surface area contributed by atoms with Gasteiger partial charge in [-0.05, 0) is 31.5 Å². The molecule has 0 aliphatic heterocycles. The molecule has 3 rings (SSSR count). The second-order valence-corrected chi connectivity index (χ2v) is 8.57. The van der Waals surface area contributed by atoms with Gasteiger partial charge in [0.05, 0.1) is 25.3 Å². The maximum absolute atomic E-state index is 12.7. The minimum atomic E-state index is -1.08. The van der Waals surface area contributed by atoms with Crippen molar-refractivity contribution in [3.05, 3.63) is 65.6 Å². The molecule has 0 saturated heterocycles. The molecule has 0 radical (unpaired) electrons. The molecule has 10 heteroatoms. The molecule has 0 unspecified atom stereocenters. The van der Waals surface area contributed by atoms with Crippen molar-refractivity contribution >= 4 is 17.6 Å². The lowest BCUT2D eigenvalue weighted by molar-refractivity contribution is -0.126. The standard InChI is InChI=1S/C23H31N7O3.CH4/c1-23(2,24)21(31)26-18(15-33-14-16-9-6-5-7-10-16)20-28-27-19-12-8-11-17(30(19)20)13-25-22(32)29(3)4;/h5-12,18H,13-15,24H2,1-4H3,(H,25,32)(H,26,31);1H4/t18-;/m1./s1. The van der Waals surface area contributed by atoms with Crippen LogP contribution >= 0.6 is 0 Å². The third-order valence-electron chi connectivity index (χ3n) is 4.96. The number of urea groups is 1. The van der Waals surface area contributed by atoms with Crippen molar-refractivity contribution in [2.24, 2.45) is 5.73 Å². The monoisotopic (exact) mass is 469 g/mol. The van der Waals surface area contributed by atoms with Crippen LogP contribution in [0.1, 0.15) is 44.4 Å². The van der Waals surface area contributed by atoms with Crippen molar-refractivity contribution < 1.29 is 14.3 Å². The molecule has 0 aliphatic rings. The summed E-state index contributed by atoms with van der Waals surface area (Å²) in [5.41, 5.74) is 7.29. The van der Waals surface area contributed by atoms with E-state index in [0.29, 0.717) is 18.1 Å². The zero-order chi connectivity index (χ0) is 24.0. The number of aromatic nitrogens is 3. The van der Waals surface area contributed by atoms with Gasteiger partial charge in [-0.2, -0.15) is 0 Å². The van der Waals surface area contributed by atoms with Crippen molar-refractivity contribution in [3.63, 3.8) is 0 Å². The number of hydrogen-bond acceptors (Lipinski definition) is 6. The fourth-order valence-electron chi connectivity index (χ4n) is 3.11. The van der Waals surface area contributed by atoms with E-state index in [1.54, 1.807) is 27.9 Å². The molecule has 0 aliphatic carbocycles. The van der Waals surface area contributed by atoms with Crippen LogP contribution in [0.25, 0.3) is 5.65 Å². The van der Waals surface area contributed by atoms with Gasteiger partial charge in [0.2, 0.25) is 5.91 Å². The third kappa shape index (κ3) is 6.75. The van der Waals surface area contributed by atoms with Gasteiger partial charge < -0.3 is 26.0 Å². The minimum Gasteiger partial charge on any atom is -0.374 e. The average molecular weight is 470 g/mol. The lowest BCUT2D eigenvalue weighted by Crippen LogP contribution is -2.51. The van der Waals surface area contributed by atoms with E-state index in [9.17, 15) is 9.59 Å². The van der Waals surface area contributed by atoms with Crippen LogP contribution in [0.5, 0.6) is 0 Å². The van der Waals surface area contributed by atoms with E-state index in [1.165, 1.54) is 4.90 Å². The Hall–Kier alpha value is -3.50. The van der Waals surface area contributed by atoms with Gasteiger partial charge in [0.1, 0.15) is 6.04 Å². The van der Waals surface area contributed by atoms with Crippen molar-refractivity contribution in [3.8, 4) is 0 Å². The summed E-state index contributed by atoms with van der Waals surface area (Å²) in [7, 11) is 3.34. The van der Waals surface area contributed by atoms with Gasteiger partial charge in [0.25, 0.3) is 0 Å². The number of ether oxygens (including phenoxy) is 1. The first-order chi connectivity index (χ1) is 15.7. The Kier molecular flexibility index (Phi) is 9.11. The normalized spacial score (nSPS) is 12.0. The first-order valence-corrected chi connectivity index (χ1v) is 10.7. The molecule has 1 aromatic carbocycles. The Balaban J connectivity index is 0.00000408. The van der Waals surface area contributed by atoms with Crippen molar-refractivity contribution in [2.75, 3.05) is 20.7 Å². The number of rotatable bonds is 9. The Morgan fingerprint density at radius 3 is 2.47 bits per heavy atom. The highest BCUT2D eigenvalue weighted by molar-refractivity contribution is 5.85. The van der Waals surface area contributed by atoms with Crippen molar-refractivity contribution in [1.29, 1.82) is 0 Å². The first-order valence-electron chi connectivity index (χ1n) is 10.7. The SMILES string of the molecule is C.CN(C)C(=O)NCc1cccc2nnc([C@@H](COCc3ccccc3)NC(=O)C(C)(C)N)n12. The second kappa shape index (κ2) is 11.6. The highest BCUT2D eigenvalue weighted by Gasteiger charge is 2.28. The van der Waals surface area contributed by atoms with Gasteiger partial charge in [-0.15, -0.1) is 10.2 Å². The predicted molar refractivity (Wildman–Crippen MR) is 131 cm³/mol. The number of fused-ring (bicyclic) bond motifs is 1. The number of hydrogen-bond donors (Lipinski definition) is 3. The highest BCUT2D eigenvalue weighted by Crippen LogP contribution is 2.18. The minimum absolute atomic E-state index is 0. The summed E-state index contributed by atoms with van der Waals surface area (Å²) in [6, 6.07) is 14.4. The van der Waals surface area contributed by atoms with Gasteiger partial charge >= 0.3 is 6.03 Å². The molecule has 10 nitrogen and oxygen atoms in total. The molecule has 1 atom stereocenters. The summed E-state index contributed by atoms with van der Waals surface area (Å²) < 4.78 is 7.74. The van der Waals surface area contributed by atoms with E-state index < -0.39 is 11.6 Å². The van der Waals surface area contributed by atoms with Gasteiger partial charge in [0, 0.05) is 19.8 Å². The second-order valence-electron chi connectivity index (χ2n) is 8.57. The predicted octanol–water partition coefficient (Wildman–Crippen LogP) is 2.25. The molecule has 0 bridgehead atoms. The summed E-state index contributed by atoms with van der Waals surface area (Å²) >= 11 is 0. The van der Waals surface area contributed by atoms with Crippen LogP contribution in [0.2, 0.25) is 0 Å². The molecule has 184 valence electrons. The van der Waals surface area contributed by atoms with Gasteiger partial charge in [0.15, 0.2) is 11.5 Å². The smallest absolute Gasteiger partial charge is 0.317 e. The maximum Gasteiger partial charge on any atom is 0.317 e. The number of amides is 3. The molecular weight excluding hydrogens is 434 g/mol. The molecule has 4 N–H and O–H groups in total. The molecule has 34 heavy (non-hydrogen) atoms. The van der Waals surface area contributed by atoms with Gasteiger partial charge in [-0.3, -0.25) is 9.20 Å². The van der Waals surface area contributed by atoms with Crippen LogP contribution in [0.4, 0.5) is 4.79 Å². The van der Waals surface area contributed by atoms with E-state index in [4.69, 9.17) is 10.5 Å². The van der Waals surface area contributed by atoms with E-state index in [0.717, 1.165) is 11.3 Å². The summed E-state index contributed by atoms with van der Waals surface area (Å²) in [5.74, 6) is 0.149. The van der Waals surface area contributed by atoms with Crippen LogP contribution in [-0.4, -0.2) is 57.7 Å². The number of pyridine rings is 1. The highest BCUT2D eigenvalue weighted by atomic mass is 16.5. The number of carbonyl (C=O) groups excluding carboxylic acids is 2. The number of nitrogens with one attached hydrogen (secondary N) is 2. The number of benzene rings is 1. The zero-order valence-corrected chi connectivity index (χ0v) is 19.4. The Bertz CT molecular complexity index is 1090. The summed E-state index contributed by atoms with van der Waals surface area (Å²) in [6.45, 7) is 4.06. The van der Waals surface area contributed by atoms with Gasteiger partial charge in [-0.25, -0.2) is 4.79 Å². The molecular formula is C24H35N7O3. The van der Waals surface area contributed by atoms with Crippen LogP contribution in [0.3, 0.4) is 0 Å². The van der Waals surface area contributed by atoms with Crippen LogP contribution in [-0.2, 0) is 22.7 Å². The Morgan fingerprint density at radius 1 is 1.12 bits per heavy atom. The maximum atomic E-state index is 12.7. The molecule has 2 heterocycles. The number of nitrogens with zero attached hydrogens (tertiary/aromatic N) is 4. The van der Waals surface area contributed by atoms with Gasteiger partial charge in [-0.1, -0.05) is 43.8 Å². The quantitative estimate of drug-likeness (QED) is 0.441. The third-order valence-corrected chi connectivity index (χ3v) is 4.96. The topological polar surface area (TPSA) is 127 Å². The lowest BCUT2D eigenvalue weighted by Gasteiger charge is -2.24. The molecule has 0 spiro atoms. The van der Waals surface area contributed by atoms with E-state index in [-0.39, 0.29) is 32.5 Å². The molecule has 2 aromatic heterocycles. The molecule has 0 fully saturated rings. The zero-order valence-electron chi connectivity index (χ0n) is 19.4. The van der Waals surface area contributed by atoms with Crippen molar-refractivity contribution in [1.82, 2.24) is 30.1 Å². The fourth-order valence-corrected chi connectivity index (χ4v) is 3.11. The Morgan fingerprint density at radius 2 is 1.82 bits per heavy atom. The average Bonchev–Trinajstić information content (AvgIpc) is 3.21. The van der Waals surface area contributed by atoms with Crippen molar-refractivity contribution in [2.45, 2.75) is 46.0 Å². The first kappa shape index (κ1) is 26.7. The van der Waals surface area contributed by atoms with Crippen LogP contribution in [0, 0.1) is 0 Å². The summed E-state index contributed by atoms with van der Waals surface area (Å²) in [5, 5.41) is 14.4. The molecule has 3 aromatic rings. The lowest BCUT2D eigenvalue weighted by atomic mass is 10.1. The van der Waals surface area contributed by atoms with E-state index >= 15 is 0 Å². The van der Waals surface area contributed by atoms with E-state index in [1.807, 2.05) is 52.9 Å². The Labute approximate surface area is 200 Å². The molecule has 3 amide bonds. The number of nitrogens with two attached hydrogens (primary N) is 1. The van der Waals surface area contributed by atoms with Crippen LogP contribution in [0.15, 0.2) is 48.5 Å².